The summed E-state index contributed by atoms with van der Waals surface area (Å²) in [6.45, 7) is 3.80. The minimum absolute atomic E-state index is 0.209. The fourth-order valence-corrected chi connectivity index (χ4v) is 1.66. The first-order valence-electron chi connectivity index (χ1n) is 5.91. The third kappa shape index (κ3) is 4.03. The number of rotatable bonds is 5. The summed E-state index contributed by atoms with van der Waals surface area (Å²) in [5.74, 6) is -2.50. The number of para-hydroxylation sites is 1. The average molecular weight is 268 g/mol. The number of nitrogens with two attached hydrogens (primary N) is 1. The fourth-order valence-electron chi connectivity index (χ4n) is 1.66. The molecule has 1 amide bonds. The molecule has 0 aliphatic rings. The Morgan fingerprint density at radius 3 is 2.58 bits per heavy atom. The van der Waals surface area contributed by atoms with E-state index in [1.54, 1.807) is 0 Å². The van der Waals surface area contributed by atoms with Crippen molar-refractivity contribution in [3.8, 4) is 0 Å². The van der Waals surface area contributed by atoms with Gasteiger partial charge in [-0.2, -0.15) is 0 Å². The highest BCUT2D eigenvalue weighted by Gasteiger charge is 2.20. The van der Waals surface area contributed by atoms with Gasteiger partial charge in [-0.1, -0.05) is 19.9 Å². The van der Waals surface area contributed by atoms with E-state index in [1.165, 1.54) is 12.1 Å². The second-order valence-electron chi connectivity index (χ2n) is 4.69. The lowest BCUT2D eigenvalue weighted by Gasteiger charge is -2.15. The minimum atomic E-state index is -1.31. The van der Waals surface area contributed by atoms with Gasteiger partial charge >= 0.3 is 5.97 Å². The zero-order valence-corrected chi connectivity index (χ0v) is 10.8. The molecule has 0 radical (unpaired) electrons. The van der Waals surface area contributed by atoms with Gasteiger partial charge < -0.3 is 16.2 Å². The van der Waals surface area contributed by atoms with Gasteiger partial charge in [-0.15, -0.1) is 0 Å². The molecule has 19 heavy (non-hydrogen) atoms. The summed E-state index contributed by atoms with van der Waals surface area (Å²) in [5, 5.41) is 11.2. The largest absolute Gasteiger partial charge is 0.478 e. The van der Waals surface area contributed by atoms with Crippen molar-refractivity contribution in [3.63, 3.8) is 0 Å². The van der Waals surface area contributed by atoms with Crippen molar-refractivity contribution in [2.75, 3.05) is 5.32 Å². The van der Waals surface area contributed by atoms with Gasteiger partial charge in [-0.05, 0) is 24.5 Å². The number of carboxylic acids is 1. The van der Waals surface area contributed by atoms with E-state index in [4.69, 9.17) is 10.8 Å². The lowest BCUT2D eigenvalue weighted by Crippen LogP contribution is -2.37. The molecule has 1 atom stereocenters. The van der Waals surface area contributed by atoms with Crippen molar-refractivity contribution < 1.29 is 19.1 Å². The van der Waals surface area contributed by atoms with Crippen LogP contribution in [0.5, 0.6) is 0 Å². The van der Waals surface area contributed by atoms with E-state index >= 15 is 0 Å². The summed E-state index contributed by atoms with van der Waals surface area (Å²) < 4.78 is 13.6. The molecule has 4 N–H and O–H groups in total. The summed E-state index contributed by atoms with van der Waals surface area (Å²) in [7, 11) is 0. The molecule has 1 rings (SSSR count). The number of hydrogen-bond donors (Lipinski definition) is 3. The highest BCUT2D eigenvalue weighted by molar-refractivity contribution is 6.02. The summed E-state index contributed by atoms with van der Waals surface area (Å²) >= 11 is 0. The standard InChI is InChI=1S/C13H17FN2O3/c1-7(2)6-10(15)12(17)16-11-8(13(18)19)4-3-5-9(11)14/h3-5,7,10H,6,15H2,1-2H3,(H,16,17)(H,18,19). The molecule has 0 aliphatic heterocycles. The van der Waals surface area contributed by atoms with E-state index in [-0.39, 0.29) is 17.2 Å². The first kappa shape index (κ1) is 15.1. The number of nitrogens with one attached hydrogen (secondary N) is 1. The van der Waals surface area contributed by atoms with E-state index in [9.17, 15) is 14.0 Å². The van der Waals surface area contributed by atoms with Gasteiger partial charge in [0.15, 0.2) is 0 Å². The second-order valence-corrected chi connectivity index (χ2v) is 4.69. The fraction of sp³-hybridized carbons (Fsp3) is 0.385. The van der Waals surface area contributed by atoms with Crippen LogP contribution in [0.1, 0.15) is 30.6 Å². The van der Waals surface area contributed by atoms with E-state index in [1.807, 2.05) is 13.8 Å². The monoisotopic (exact) mass is 268 g/mol. The number of carbonyl (C=O) groups excluding carboxylic acids is 1. The molecule has 1 aromatic rings. The molecular formula is C13H17FN2O3. The Balaban J connectivity index is 2.93. The molecular weight excluding hydrogens is 251 g/mol. The Morgan fingerprint density at radius 2 is 2.05 bits per heavy atom. The van der Waals surface area contributed by atoms with Gasteiger partial charge in [0.1, 0.15) is 5.82 Å². The Kier molecular flexibility index (Phi) is 5.00. The highest BCUT2D eigenvalue weighted by Crippen LogP contribution is 2.20. The summed E-state index contributed by atoms with van der Waals surface area (Å²) in [6, 6.07) is 2.76. The third-order valence-electron chi connectivity index (χ3n) is 2.55. The Labute approximate surface area is 110 Å². The first-order valence-corrected chi connectivity index (χ1v) is 5.91. The number of carboxylic acid groups (broad SMARTS) is 1. The molecule has 0 saturated carbocycles. The van der Waals surface area contributed by atoms with Gasteiger partial charge in [0.2, 0.25) is 5.91 Å². The second kappa shape index (κ2) is 6.29. The van der Waals surface area contributed by atoms with Crippen LogP contribution in [0.4, 0.5) is 10.1 Å². The topological polar surface area (TPSA) is 92.4 Å². The minimum Gasteiger partial charge on any atom is -0.478 e. The van der Waals surface area contributed by atoms with Crippen molar-refractivity contribution in [1.29, 1.82) is 0 Å². The van der Waals surface area contributed by atoms with Crippen LogP contribution in [-0.4, -0.2) is 23.0 Å². The third-order valence-corrected chi connectivity index (χ3v) is 2.55. The molecule has 6 heteroatoms. The molecule has 1 aromatic carbocycles. The maximum atomic E-state index is 13.6. The Bertz CT molecular complexity index is 489. The maximum absolute atomic E-state index is 13.6. The van der Waals surface area contributed by atoms with Crippen molar-refractivity contribution in [2.45, 2.75) is 26.3 Å². The highest BCUT2D eigenvalue weighted by atomic mass is 19.1. The summed E-state index contributed by atoms with van der Waals surface area (Å²) in [5.41, 5.74) is 5.01. The zero-order valence-electron chi connectivity index (χ0n) is 10.8. The number of anilines is 1. The maximum Gasteiger partial charge on any atom is 0.337 e. The molecule has 0 bridgehead atoms. The van der Waals surface area contributed by atoms with Crippen molar-refractivity contribution in [3.05, 3.63) is 29.6 Å². The van der Waals surface area contributed by atoms with Gasteiger partial charge in [-0.3, -0.25) is 4.79 Å². The number of carbonyl (C=O) groups is 2. The van der Waals surface area contributed by atoms with Crippen molar-refractivity contribution in [2.24, 2.45) is 11.7 Å². The molecule has 0 saturated heterocycles. The summed E-state index contributed by atoms with van der Waals surface area (Å²) in [4.78, 5) is 22.7. The number of benzene rings is 1. The van der Waals surface area contributed by atoms with Crippen LogP contribution in [0.15, 0.2) is 18.2 Å². The van der Waals surface area contributed by atoms with Crippen molar-refractivity contribution in [1.82, 2.24) is 0 Å². The summed E-state index contributed by atoms with van der Waals surface area (Å²) in [6.07, 6.45) is 0.433. The van der Waals surface area contributed by atoms with Gasteiger partial charge in [0.25, 0.3) is 0 Å². The zero-order chi connectivity index (χ0) is 14.6. The first-order chi connectivity index (χ1) is 8.82. The Hall–Kier alpha value is -1.95. The Morgan fingerprint density at radius 1 is 1.42 bits per heavy atom. The molecule has 5 nitrogen and oxygen atoms in total. The SMILES string of the molecule is CC(C)CC(N)C(=O)Nc1c(F)cccc1C(=O)O. The van der Waals surface area contributed by atoms with E-state index < -0.39 is 23.7 Å². The van der Waals surface area contributed by atoms with E-state index in [0.29, 0.717) is 6.42 Å². The molecule has 0 heterocycles. The number of aromatic carboxylic acids is 1. The quantitative estimate of drug-likeness (QED) is 0.759. The van der Waals surface area contributed by atoms with Crippen LogP contribution in [0.3, 0.4) is 0 Å². The normalized spacial score (nSPS) is 12.3. The van der Waals surface area contributed by atoms with Crippen LogP contribution in [0.25, 0.3) is 0 Å². The van der Waals surface area contributed by atoms with Gasteiger partial charge in [-0.25, -0.2) is 9.18 Å². The van der Waals surface area contributed by atoms with Gasteiger partial charge in [0.05, 0.1) is 17.3 Å². The average Bonchev–Trinajstić information content (AvgIpc) is 2.30. The van der Waals surface area contributed by atoms with Crippen LogP contribution >= 0.6 is 0 Å². The predicted octanol–water partition coefficient (Wildman–Crippen LogP) is 1.84. The number of amides is 1. The predicted molar refractivity (Wildman–Crippen MR) is 69.4 cm³/mol. The molecule has 0 aromatic heterocycles. The van der Waals surface area contributed by atoms with Crippen LogP contribution < -0.4 is 11.1 Å². The molecule has 0 spiro atoms. The smallest absolute Gasteiger partial charge is 0.337 e. The molecule has 104 valence electrons. The molecule has 1 unspecified atom stereocenters. The lowest BCUT2D eigenvalue weighted by molar-refractivity contribution is -0.117. The van der Waals surface area contributed by atoms with Gasteiger partial charge in [0, 0.05) is 0 Å². The van der Waals surface area contributed by atoms with E-state index in [2.05, 4.69) is 5.32 Å². The number of halogens is 1. The number of hydrogen-bond acceptors (Lipinski definition) is 3. The van der Waals surface area contributed by atoms with Crippen molar-refractivity contribution >= 4 is 17.6 Å². The molecule has 0 fully saturated rings. The molecule has 0 aliphatic carbocycles. The lowest BCUT2D eigenvalue weighted by atomic mass is 10.0. The van der Waals surface area contributed by atoms with E-state index in [0.717, 1.165) is 6.07 Å². The van der Waals surface area contributed by atoms with Crippen LogP contribution in [-0.2, 0) is 4.79 Å². The van der Waals surface area contributed by atoms with Crippen LogP contribution in [0, 0.1) is 11.7 Å². The van der Waals surface area contributed by atoms with Crippen LogP contribution in [0.2, 0.25) is 0 Å².